The lowest BCUT2D eigenvalue weighted by Gasteiger charge is -2.27. The zero-order valence-corrected chi connectivity index (χ0v) is 17.6. The van der Waals surface area contributed by atoms with E-state index in [0.29, 0.717) is 39.8 Å². The summed E-state index contributed by atoms with van der Waals surface area (Å²) in [6.07, 6.45) is 1.81. The van der Waals surface area contributed by atoms with Gasteiger partial charge < -0.3 is 20.4 Å². The molecule has 2 aromatic carbocycles. The number of halogens is 1. The van der Waals surface area contributed by atoms with E-state index in [-0.39, 0.29) is 24.0 Å². The maximum Gasteiger partial charge on any atom is 0.253 e. The standard InChI is InChI=1S/C24H26FN3O3/c1-14-12-17(10-11-31-14)28-24(30)19-13-27-20-5-3-4-18(21(19)20)22(25)15-6-8-16(9-7-15)23(29)26-2/h3-9,13-14,17,22,27H,10-12H2,1-2H3,(H,26,29)(H,28,30). The van der Waals surface area contributed by atoms with Gasteiger partial charge in [-0.3, -0.25) is 9.59 Å². The molecule has 1 saturated heterocycles. The number of alkyl halides is 1. The molecule has 4 rings (SSSR count). The smallest absolute Gasteiger partial charge is 0.253 e. The van der Waals surface area contributed by atoms with Crippen molar-refractivity contribution in [1.82, 2.24) is 15.6 Å². The molecular formula is C24H26FN3O3. The Hall–Kier alpha value is -3.19. The summed E-state index contributed by atoms with van der Waals surface area (Å²) < 4.78 is 21.1. The second-order valence-corrected chi connectivity index (χ2v) is 7.91. The van der Waals surface area contributed by atoms with Gasteiger partial charge in [0.2, 0.25) is 0 Å². The van der Waals surface area contributed by atoms with Gasteiger partial charge in [-0.15, -0.1) is 0 Å². The molecule has 31 heavy (non-hydrogen) atoms. The summed E-state index contributed by atoms with van der Waals surface area (Å²) in [6.45, 7) is 2.61. The van der Waals surface area contributed by atoms with Crippen molar-refractivity contribution in [3.63, 3.8) is 0 Å². The highest BCUT2D eigenvalue weighted by molar-refractivity contribution is 6.08. The monoisotopic (exact) mass is 423 g/mol. The first-order chi connectivity index (χ1) is 15.0. The maximum absolute atomic E-state index is 15.6. The number of ether oxygens (including phenoxy) is 1. The second kappa shape index (κ2) is 8.89. The predicted octanol–water partition coefficient (Wildman–Crippen LogP) is 3.88. The number of benzene rings is 2. The largest absolute Gasteiger partial charge is 0.378 e. The van der Waals surface area contributed by atoms with Gasteiger partial charge in [-0.2, -0.15) is 0 Å². The van der Waals surface area contributed by atoms with E-state index < -0.39 is 6.17 Å². The minimum absolute atomic E-state index is 0.0341. The van der Waals surface area contributed by atoms with Crippen LogP contribution in [0.2, 0.25) is 0 Å². The van der Waals surface area contributed by atoms with Gasteiger partial charge in [0.05, 0.1) is 11.7 Å². The van der Waals surface area contributed by atoms with Crippen molar-refractivity contribution in [2.45, 2.75) is 38.1 Å². The molecule has 1 aliphatic rings. The van der Waals surface area contributed by atoms with Gasteiger partial charge in [-0.1, -0.05) is 24.3 Å². The highest BCUT2D eigenvalue weighted by Gasteiger charge is 2.25. The van der Waals surface area contributed by atoms with E-state index in [4.69, 9.17) is 4.74 Å². The van der Waals surface area contributed by atoms with Crippen LogP contribution in [0.25, 0.3) is 10.9 Å². The van der Waals surface area contributed by atoms with Gasteiger partial charge in [0.25, 0.3) is 11.8 Å². The van der Waals surface area contributed by atoms with Crippen LogP contribution in [0.4, 0.5) is 4.39 Å². The lowest BCUT2D eigenvalue weighted by atomic mass is 9.96. The molecule has 0 radical (unpaired) electrons. The number of H-pyrrole nitrogens is 1. The zero-order valence-electron chi connectivity index (χ0n) is 17.6. The van der Waals surface area contributed by atoms with Crippen molar-refractivity contribution in [1.29, 1.82) is 0 Å². The number of aromatic nitrogens is 1. The van der Waals surface area contributed by atoms with Crippen molar-refractivity contribution < 1.29 is 18.7 Å². The summed E-state index contributed by atoms with van der Waals surface area (Å²) in [7, 11) is 1.55. The highest BCUT2D eigenvalue weighted by atomic mass is 19.1. The van der Waals surface area contributed by atoms with E-state index in [2.05, 4.69) is 15.6 Å². The van der Waals surface area contributed by atoms with Gasteiger partial charge in [-0.25, -0.2) is 4.39 Å². The third-order valence-corrected chi connectivity index (χ3v) is 5.77. The van der Waals surface area contributed by atoms with Crippen molar-refractivity contribution >= 4 is 22.7 Å². The number of rotatable bonds is 5. The van der Waals surface area contributed by atoms with Crippen LogP contribution in [0, 0.1) is 0 Å². The third kappa shape index (κ3) is 4.32. The number of carbonyl (C=O) groups is 2. The Morgan fingerprint density at radius 2 is 1.94 bits per heavy atom. The lowest BCUT2D eigenvalue weighted by molar-refractivity contribution is 0.0137. The Bertz CT molecular complexity index is 1090. The van der Waals surface area contributed by atoms with E-state index in [1.165, 1.54) is 0 Å². The Morgan fingerprint density at radius 3 is 2.65 bits per heavy atom. The van der Waals surface area contributed by atoms with Crippen LogP contribution in [0.3, 0.4) is 0 Å². The quantitative estimate of drug-likeness (QED) is 0.582. The summed E-state index contributed by atoms with van der Waals surface area (Å²) in [4.78, 5) is 27.9. The summed E-state index contributed by atoms with van der Waals surface area (Å²) in [5.41, 5.74) is 2.42. The van der Waals surface area contributed by atoms with E-state index >= 15 is 4.39 Å². The number of amides is 2. The van der Waals surface area contributed by atoms with Gasteiger partial charge in [0, 0.05) is 47.9 Å². The maximum atomic E-state index is 15.6. The summed E-state index contributed by atoms with van der Waals surface area (Å²) in [5, 5.41) is 6.19. The second-order valence-electron chi connectivity index (χ2n) is 7.91. The van der Waals surface area contributed by atoms with Gasteiger partial charge in [0.15, 0.2) is 6.17 Å². The van der Waals surface area contributed by atoms with E-state index in [1.807, 2.05) is 13.0 Å². The molecule has 0 spiro atoms. The molecule has 0 saturated carbocycles. The Kier molecular flexibility index (Phi) is 6.04. The predicted molar refractivity (Wildman–Crippen MR) is 117 cm³/mol. The van der Waals surface area contributed by atoms with E-state index in [1.54, 1.807) is 49.6 Å². The molecule has 3 atom stereocenters. The number of carbonyl (C=O) groups excluding carboxylic acids is 2. The molecule has 3 unspecified atom stereocenters. The number of nitrogens with one attached hydrogen (secondary N) is 3. The molecule has 2 amide bonds. The number of hydrogen-bond acceptors (Lipinski definition) is 3. The first kappa shape index (κ1) is 21.1. The minimum Gasteiger partial charge on any atom is -0.378 e. The number of fused-ring (bicyclic) bond motifs is 1. The summed E-state index contributed by atoms with van der Waals surface area (Å²) in [6, 6.07) is 11.7. The molecule has 2 heterocycles. The van der Waals surface area contributed by atoms with E-state index in [9.17, 15) is 9.59 Å². The summed E-state index contributed by atoms with van der Waals surface area (Å²) in [5.74, 6) is -0.448. The van der Waals surface area contributed by atoms with Crippen LogP contribution >= 0.6 is 0 Å². The molecule has 162 valence electrons. The van der Waals surface area contributed by atoms with E-state index in [0.717, 1.165) is 12.8 Å². The molecule has 1 fully saturated rings. The van der Waals surface area contributed by atoms with Crippen LogP contribution in [-0.2, 0) is 4.74 Å². The van der Waals surface area contributed by atoms with Crippen molar-refractivity contribution in [3.05, 3.63) is 70.9 Å². The fourth-order valence-corrected chi connectivity index (χ4v) is 4.12. The molecule has 3 aromatic rings. The topological polar surface area (TPSA) is 83.2 Å². The molecule has 0 aliphatic carbocycles. The third-order valence-electron chi connectivity index (χ3n) is 5.77. The first-order valence-corrected chi connectivity index (χ1v) is 10.5. The van der Waals surface area contributed by atoms with Crippen LogP contribution in [0.15, 0.2) is 48.7 Å². The number of hydrogen-bond donors (Lipinski definition) is 3. The van der Waals surface area contributed by atoms with Crippen molar-refractivity contribution in [2.24, 2.45) is 0 Å². The highest BCUT2D eigenvalue weighted by Crippen LogP contribution is 2.34. The molecule has 1 aliphatic heterocycles. The Morgan fingerprint density at radius 1 is 1.16 bits per heavy atom. The number of aromatic amines is 1. The molecule has 0 bridgehead atoms. The molecular weight excluding hydrogens is 397 g/mol. The van der Waals surface area contributed by atoms with Crippen LogP contribution in [0.5, 0.6) is 0 Å². The molecule has 3 N–H and O–H groups in total. The average Bonchev–Trinajstić information content (AvgIpc) is 3.23. The van der Waals surface area contributed by atoms with Crippen LogP contribution in [-0.4, -0.2) is 42.6 Å². The SMILES string of the molecule is CNC(=O)c1ccc(C(F)c2cccc3[nH]cc(C(=O)NC4CCOC(C)C4)c23)cc1. The average molecular weight is 423 g/mol. The van der Waals surface area contributed by atoms with Crippen molar-refractivity contribution in [3.8, 4) is 0 Å². The van der Waals surface area contributed by atoms with Gasteiger partial charge in [-0.05, 0) is 43.5 Å². The fraction of sp³-hybridized carbons (Fsp3) is 0.333. The minimum atomic E-state index is -1.44. The summed E-state index contributed by atoms with van der Waals surface area (Å²) >= 11 is 0. The Balaban J connectivity index is 1.63. The lowest BCUT2D eigenvalue weighted by Crippen LogP contribution is -2.41. The van der Waals surface area contributed by atoms with Gasteiger partial charge in [0.1, 0.15) is 0 Å². The van der Waals surface area contributed by atoms with Crippen LogP contribution in [0.1, 0.15) is 57.8 Å². The normalized spacial score (nSPS) is 19.7. The molecule has 7 heteroatoms. The molecule has 6 nitrogen and oxygen atoms in total. The zero-order chi connectivity index (χ0) is 22.0. The fourth-order valence-electron chi connectivity index (χ4n) is 4.12. The molecule has 1 aromatic heterocycles. The van der Waals surface area contributed by atoms with Gasteiger partial charge >= 0.3 is 0 Å². The van der Waals surface area contributed by atoms with Crippen LogP contribution < -0.4 is 10.6 Å². The Labute approximate surface area is 180 Å². The first-order valence-electron chi connectivity index (χ1n) is 10.5. The van der Waals surface area contributed by atoms with Crippen molar-refractivity contribution in [2.75, 3.05) is 13.7 Å².